The van der Waals surface area contributed by atoms with Crippen molar-refractivity contribution in [2.24, 2.45) is 0 Å². The van der Waals surface area contributed by atoms with E-state index in [1.807, 2.05) is 0 Å². The number of benzene rings is 1. The number of carboxylic acids is 1. The fourth-order valence-corrected chi connectivity index (χ4v) is 2.38. The summed E-state index contributed by atoms with van der Waals surface area (Å²) in [5.41, 5.74) is 0.129. The lowest BCUT2D eigenvalue weighted by molar-refractivity contribution is 0.0689. The van der Waals surface area contributed by atoms with Gasteiger partial charge < -0.3 is 19.5 Å². The van der Waals surface area contributed by atoms with Crippen molar-refractivity contribution in [1.82, 2.24) is 4.90 Å². The zero-order chi connectivity index (χ0) is 13.8. The highest BCUT2D eigenvalue weighted by atomic mass is 16.5. The lowest BCUT2D eigenvalue weighted by atomic mass is 10.1. The van der Waals surface area contributed by atoms with Crippen LogP contribution in [0.1, 0.15) is 23.2 Å². The number of likely N-dealkylation sites (tertiary alicyclic amines) is 1. The molecule has 1 aromatic carbocycles. The average Bonchev–Trinajstić information content (AvgIpc) is 2.38. The Balaban J connectivity index is 2.19. The number of rotatable bonds is 4. The number of para-hydroxylation sites is 1. The quantitative estimate of drug-likeness (QED) is 0.900. The molecule has 1 N–H and O–H groups in total. The number of methoxy groups -OCH3 is 1. The van der Waals surface area contributed by atoms with Crippen LogP contribution in [-0.4, -0.2) is 49.3 Å². The van der Waals surface area contributed by atoms with Gasteiger partial charge in [-0.2, -0.15) is 0 Å². The number of hydrogen-bond acceptors (Lipinski definition) is 4. The molecular formula is C14H19NO4. The fourth-order valence-electron chi connectivity index (χ4n) is 2.38. The molecule has 104 valence electrons. The van der Waals surface area contributed by atoms with Gasteiger partial charge in [-0.15, -0.1) is 0 Å². The van der Waals surface area contributed by atoms with Gasteiger partial charge in [0.1, 0.15) is 11.7 Å². The average molecular weight is 265 g/mol. The molecule has 1 atom stereocenters. The topological polar surface area (TPSA) is 59.0 Å². The Kier molecular flexibility index (Phi) is 4.27. The maximum Gasteiger partial charge on any atom is 0.339 e. The molecule has 1 aliphatic heterocycles. The van der Waals surface area contributed by atoms with E-state index in [2.05, 4.69) is 11.9 Å². The third-order valence-electron chi connectivity index (χ3n) is 3.29. The second-order valence-electron chi connectivity index (χ2n) is 4.79. The maximum atomic E-state index is 11.1. The first-order valence-electron chi connectivity index (χ1n) is 6.37. The van der Waals surface area contributed by atoms with Crippen LogP contribution in [0.2, 0.25) is 0 Å². The van der Waals surface area contributed by atoms with Gasteiger partial charge in [-0.25, -0.2) is 4.79 Å². The first-order valence-corrected chi connectivity index (χ1v) is 6.37. The Morgan fingerprint density at radius 2 is 2.26 bits per heavy atom. The van der Waals surface area contributed by atoms with Crippen LogP contribution in [0.3, 0.4) is 0 Å². The summed E-state index contributed by atoms with van der Waals surface area (Å²) in [6.07, 6.45) is 2.14. The van der Waals surface area contributed by atoms with E-state index in [1.54, 1.807) is 12.1 Å². The number of piperidine rings is 1. The molecule has 0 saturated carbocycles. The van der Waals surface area contributed by atoms with E-state index in [4.69, 9.17) is 14.6 Å². The summed E-state index contributed by atoms with van der Waals surface area (Å²) < 4.78 is 11.1. The van der Waals surface area contributed by atoms with Crippen LogP contribution in [0.25, 0.3) is 0 Å². The smallest absolute Gasteiger partial charge is 0.339 e. The van der Waals surface area contributed by atoms with Crippen molar-refractivity contribution in [3.8, 4) is 11.5 Å². The highest BCUT2D eigenvalue weighted by Crippen LogP contribution is 2.32. The number of hydrogen-bond donors (Lipinski definition) is 1. The SMILES string of the molecule is COc1c(OC2CCCN(C)C2)cccc1C(=O)O. The van der Waals surface area contributed by atoms with E-state index >= 15 is 0 Å². The number of carbonyl (C=O) groups is 1. The van der Waals surface area contributed by atoms with Gasteiger partial charge in [0.15, 0.2) is 11.5 Å². The van der Waals surface area contributed by atoms with E-state index in [9.17, 15) is 4.79 Å². The lowest BCUT2D eigenvalue weighted by Crippen LogP contribution is -2.38. The molecule has 0 spiro atoms. The van der Waals surface area contributed by atoms with Crippen molar-refractivity contribution < 1.29 is 19.4 Å². The summed E-state index contributed by atoms with van der Waals surface area (Å²) in [4.78, 5) is 13.3. The minimum absolute atomic E-state index is 0.0803. The molecule has 0 amide bonds. The molecule has 0 radical (unpaired) electrons. The second-order valence-corrected chi connectivity index (χ2v) is 4.79. The van der Waals surface area contributed by atoms with Crippen molar-refractivity contribution in [1.29, 1.82) is 0 Å². The summed E-state index contributed by atoms with van der Waals surface area (Å²) in [6.45, 7) is 1.92. The van der Waals surface area contributed by atoms with E-state index < -0.39 is 5.97 Å². The molecule has 5 nitrogen and oxygen atoms in total. The van der Waals surface area contributed by atoms with Gasteiger partial charge in [0.25, 0.3) is 0 Å². The van der Waals surface area contributed by atoms with E-state index in [0.29, 0.717) is 11.5 Å². The molecule has 1 aliphatic rings. The van der Waals surface area contributed by atoms with Crippen LogP contribution in [-0.2, 0) is 0 Å². The van der Waals surface area contributed by atoms with Crippen molar-refractivity contribution in [2.75, 3.05) is 27.2 Å². The summed E-state index contributed by atoms with van der Waals surface area (Å²) in [6, 6.07) is 4.94. The van der Waals surface area contributed by atoms with Crippen LogP contribution in [0.15, 0.2) is 18.2 Å². The third kappa shape index (κ3) is 3.17. The van der Waals surface area contributed by atoms with Gasteiger partial charge in [-0.1, -0.05) is 6.07 Å². The first kappa shape index (κ1) is 13.7. The zero-order valence-corrected chi connectivity index (χ0v) is 11.3. The van der Waals surface area contributed by atoms with Crippen molar-refractivity contribution in [3.05, 3.63) is 23.8 Å². The van der Waals surface area contributed by atoms with Crippen molar-refractivity contribution in [3.63, 3.8) is 0 Å². The zero-order valence-electron chi connectivity index (χ0n) is 11.3. The largest absolute Gasteiger partial charge is 0.492 e. The van der Waals surface area contributed by atoms with Crippen LogP contribution >= 0.6 is 0 Å². The molecule has 5 heteroatoms. The van der Waals surface area contributed by atoms with Crippen molar-refractivity contribution >= 4 is 5.97 Å². The van der Waals surface area contributed by atoms with E-state index in [-0.39, 0.29) is 11.7 Å². The van der Waals surface area contributed by atoms with Gasteiger partial charge in [0.05, 0.1) is 7.11 Å². The number of aromatic carboxylic acids is 1. The molecule has 1 saturated heterocycles. The Bertz CT molecular complexity index is 461. The number of carboxylic acid groups (broad SMARTS) is 1. The minimum Gasteiger partial charge on any atom is -0.492 e. The number of likely N-dealkylation sites (N-methyl/N-ethyl adjacent to an activating group) is 1. The molecule has 1 aromatic rings. The predicted molar refractivity (Wildman–Crippen MR) is 71.1 cm³/mol. The molecule has 1 unspecified atom stereocenters. The molecule has 0 aromatic heterocycles. The molecule has 1 heterocycles. The third-order valence-corrected chi connectivity index (χ3v) is 3.29. The number of nitrogens with zero attached hydrogens (tertiary/aromatic N) is 1. The highest BCUT2D eigenvalue weighted by Gasteiger charge is 2.22. The second kappa shape index (κ2) is 5.93. The Morgan fingerprint density at radius 3 is 2.89 bits per heavy atom. The van der Waals surface area contributed by atoms with Crippen LogP contribution in [0.4, 0.5) is 0 Å². The summed E-state index contributed by atoms with van der Waals surface area (Å²) in [7, 11) is 3.52. The summed E-state index contributed by atoms with van der Waals surface area (Å²) in [5.74, 6) is -0.214. The van der Waals surface area contributed by atoms with Gasteiger partial charge in [0.2, 0.25) is 0 Å². The molecule has 2 rings (SSSR count). The molecule has 0 aliphatic carbocycles. The van der Waals surface area contributed by atoms with Gasteiger partial charge in [-0.3, -0.25) is 0 Å². The monoisotopic (exact) mass is 265 g/mol. The molecule has 19 heavy (non-hydrogen) atoms. The van der Waals surface area contributed by atoms with E-state index in [1.165, 1.54) is 13.2 Å². The Morgan fingerprint density at radius 1 is 1.47 bits per heavy atom. The number of ether oxygens (including phenoxy) is 2. The Labute approximate surface area is 112 Å². The summed E-state index contributed by atoms with van der Waals surface area (Å²) in [5, 5.41) is 9.13. The lowest BCUT2D eigenvalue weighted by Gasteiger charge is -2.30. The van der Waals surface area contributed by atoms with Crippen molar-refractivity contribution in [2.45, 2.75) is 18.9 Å². The van der Waals surface area contributed by atoms with Gasteiger partial charge >= 0.3 is 5.97 Å². The normalized spacial score (nSPS) is 20.0. The predicted octanol–water partition coefficient (Wildman–Crippen LogP) is 1.87. The van der Waals surface area contributed by atoms with Crippen LogP contribution < -0.4 is 9.47 Å². The Hall–Kier alpha value is -1.75. The molecular weight excluding hydrogens is 246 g/mol. The minimum atomic E-state index is -1.01. The van der Waals surface area contributed by atoms with Gasteiger partial charge in [-0.05, 0) is 38.6 Å². The van der Waals surface area contributed by atoms with Crippen LogP contribution in [0.5, 0.6) is 11.5 Å². The first-order chi connectivity index (χ1) is 9.11. The fraction of sp³-hybridized carbons (Fsp3) is 0.500. The highest BCUT2D eigenvalue weighted by molar-refractivity contribution is 5.92. The van der Waals surface area contributed by atoms with Crippen LogP contribution in [0, 0.1) is 0 Å². The molecule has 1 fully saturated rings. The van der Waals surface area contributed by atoms with E-state index in [0.717, 1.165) is 25.9 Å². The standard InChI is InChI=1S/C14H19NO4/c1-15-8-4-5-10(9-15)19-12-7-3-6-11(14(16)17)13(12)18-2/h3,6-7,10H,4-5,8-9H2,1-2H3,(H,16,17). The van der Waals surface area contributed by atoms with Gasteiger partial charge in [0, 0.05) is 6.54 Å². The maximum absolute atomic E-state index is 11.1. The summed E-state index contributed by atoms with van der Waals surface area (Å²) >= 11 is 0. The molecule has 0 bridgehead atoms.